The van der Waals surface area contributed by atoms with Crippen LogP contribution in [0.2, 0.25) is 5.02 Å². The van der Waals surface area contributed by atoms with E-state index in [1.165, 1.54) is 0 Å². The molecule has 0 fully saturated rings. The van der Waals surface area contributed by atoms with Crippen molar-refractivity contribution >= 4 is 22.6 Å². The summed E-state index contributed by atoms with van der Waals surface area (Å²) in [5.74, 6) is 0. The zero-order chi connectivity index (χ0) is 6.97. The Morgan fingerprint density at radius 1 is 1.36 bits per heavy atom. The first-order valence-electron chi connectivity index (χ1n) is 2.95. The molecule has 11 heavy (non-hydrogen) atoms. The molecule has 0 aliphatic rings. The average Bonchev–Trinajstić information content (AvgIpc) is 2.33. The molecule has 0 saturated carbocycles. The van der Waals surface area contributed by atoms with E-state index in [4.69, 9.17) is 11.6 Å². The number of imidazole rings is 1. The fourth-order valence-corrected chi connectivity index (χ4v) is 1.08. The van der Waals surface area contributed by atoms with Crippen LogP contribution in [0.3, 0.4) is 0 Å². The van der Waals surface area contributed by atoms with Gasteiger partial charge in [0, 0.05) is 32.7 Å². The molecule has 2 rings (SSSR count). The Kier molecular flexibility index (Phi) is 2.90. The Labute approximate surface area is 89.5 Å². The molecule has 0 saturated heterocycles. The number of aromatic nitrogens is 2. The summed E-state index contributed by atoms with van der Waals surface area (Å²) in [7, 11) is 0. The van der Waals surface area contributed by atoms with Crippen molar-refractivity contribution in [1.29, 1.82) is 0 Å². The molecule has 0 radical (unpaired) electrons. The van der Waals surface area contributed by atoms with Gasteiger partial charge in [-0.25, -0.2) is 4.98 Å². The van der Waals surface area contributed by atoms with E-state index in [2.05, 4.69) is 9.97 Å². The number of H-pyrrole nitrogens is 1. The van der Waals surface area contributed by atoms with Crippen molar-refractivity contribution in [2.24, 2.45) is 0 Å². The van der Waals surface area contributed by atoms with Gasteiger partial charge in [-0.2, -0.15) is 0 Å². The van der Waals surface area contributed by atoms with E-state index in [1.807, 2.05) is 18.2 Å². The van der Waals surface area contributed by atoms with Gasteiger partial charge in [-0.3, -0.25) is 0 Å². The second-order valence-electron chi connectivity index (χ2n) is 2.06. The van der Waals surface area contributed by atoms with E-state index in [1.54, 1.807) is 6.33 Å². The van der Waals surface area contributed by atoms with Crippen molar-refractivity contribution in [2.75, 3.05) is 0 Å². The minimum atomic E-state index is 0. The zero-order valence-corrected chi connectivity index (χ0v) is 12.1. The van der Waals surface area contributed by atoms with E-state index < -0.39 is 0 Å². The number of rotatable bonds is 0. The first-order valence-corrected chi connectivity index (χ1v) is 3.33. The van der Waals surface area contributed by atoms with E-state index >= 15 is 0 Å². The molecule has 4 heteroatoms. The molecule has 0 spiro atoms. The second kappa shape index (κ2) is 3.54. The number of benzene rings is 1. The quantitative estimate of drug-likeness (QED) is 0.723. The molecule has 0 aliphatic carbocycles. The monoisotopic (exact) mass is 354 g/mol. The van der Waals surface area contributed by atoms with Crippen molar-refractivity contribution in [1.82, 2.24) is 9.97 Å². The standard InChI is InChI=1S/C7H5ClN2.Hg/c8-5-1-2-6-7(3-5)10-4-9-6;/h1-4H,(H,9,10);. The van der Waals surface area contributed by atoms with Gasteiger partial charge < -0.3 is 4.98 Å². The van der Waals surface area contributed by atoms with Gasteiger partial charge in [-0.1, -0.05) is 11.6 Å². The summed E-state index contributed by atoms with van der Waals surface area (Å²) in [5, 5.41) is 0.733. The summed E-state index contributed by atoms with van der Waals surface area (Å²) >= 11 is 5.73. The minimum Gasteiger partial charge on any atom is -0.345 e. The van der Waals surface area contributed by atoms with Crippen LogP contribution in [0.25, 0.3) is 11.0 Å². The van der Waals surface area contributed by atoms with Crippen LogP contribution in [-0.2, 0) is 27.7 Å². The van der Waals surface area contributed by atoms with E-state index in [0.29, 0.717) is 0 Å². The van der Waals surface area contributed by atoms with Crippen LogP contribution >= 0.6 is 11.6 Å². The summed E-state index contributed by atoms with van der Waals surface area (Å²) in [4.78, 5) is 7.01. The van der Waals surface area contributed by atoms with Crippen LogP contribution in [0.4, 0.5) is 0 Å². The van der Waals surface area contributed by atoms with E-state index in [0.717, 1.165) is 16.1 Å². The zero-order valence-electron chi connectivity index (χ0n) is 5.84. The number of hydrogen-bond acceptors (Lipinski definition) is 1. The first-order chi connectivity index (χ1) is 4.86. The van der Waals surface area contributed by atoms with Crippen molar-refractivity contribution in [2.45, 2.75) is 0 Å². The molecule has 0 atom stereocenters. The van der Waals surface area contributed by atoms with Crippen LogP contribution in [0.5, 0.6) is 0 Å². The molecule has 0 aliphatic heterocycles. The fourth-order valence-electron chi connectivity index (χ4n) is 0.908. The predicted octanol–water partition coefficient (Wildman–Crippen LogP) is 2.21. The van der Waals surface area contributed by atoms with Crippen LogP contribution in [0, 0.1) is 0 Å². The van der Waals surface area contributed by atoms with Gasteiger partial charge in [-0.05, 0) is 18.2 Å². The number of fused-ring (bicyclic) bond motifs is 1. The van der Waals surface area contributed by atoms with Crippen LogP contribution < -0.4 is 0 Å². The Morgan fingerprint density at radius 2 is 2.18 bits per heavy atom. The Hall–Kier alpha value is -0.0849. The Balaban J connectivity index is 0.000000605. The first kappa shape index (κ1) is 9.01. The topological polar surface area (TPSA) is 28.7 Å². The van der Waals surface area contributed by atoms with Gasteiger partial charge >= 0.3 is 0 Å². The van der Waals surface area contributed by atoms with Crippen LogP contribution in [0.1, 0.15) is 0 Å². The molecule has 52 valence electrons. The molecular formula is C7H5ClHgN2. The fraction of sp³-hybridized carbons (Fsp3) is 0. The molecule has 1 aromatic heterocycles. The van der Waals surface area contributed by atoms with Crippen molar-refractivity contribution in [3.63, 3.8) is 0 Å². The van der Waals surface area contributed by atoms with Gasteiger partial charge in [0.05, 0.1) is 17.4 Å². The van der Waals surface area contributed by atoms with Crippen molar-refractivity contribution in [3.05, 3.63) is 29.5 Å². The Bertz CT molecular complexity index is 358. The maximum atomic E-state index is 5.73. The van der Waals surface area contributed by atoms with Crippen molar-refractivity contribution in [3.8, 4) is 0 Å². The second-order valence-corrected chi connectivity index (χ2v) is 2.50. The number of nitrogens with one attached hydrogen (secondary N) is 1. The van der Waals surface area contributed by atoms with Gasteiger partial charge in [0.15, 0.2) is 0 Å². The summed E-state index contributed by atoms with van der Waals surface area (Å²) in [5.41, 5.74) is 1.93. The normalized spacial score (nSPS) is 9.55. The molecule has 0 amide bonds. The molecule has 1 N–H and O–H groups in total. The van der Waals surface area contributed by atoms with Crippen LogP contribution in [0.15, 0.2) is 24.5 Å². The third-order valence-corrected chi connectivity index (χ3v) is 1.62. The number of halogens is 1. The molecule has 0 bridgehead atoms. The third-order valence-electron chi connectivity index (χ3n) is 1.38. The molecule has 0 unspecified atom stereocenters. The van der Waals surface area contributed by atoms with Gasteiger partial charge in [0.25, 0.3) is 0 Å². The summed E-state index contributed by atoms with van der Waals surface area (Å²) in [6.07, 6.45) is 1.65. The van der Waals surface area contributed by atoms with Gasteiger partial charge in [0.1, 0.15) is 0 Å². The Morgan fingerprint density at radius 3 is 3.00 bits per heavy atom. The predicted molar refractivity (Wildman–Crippen MR) is 41.1 cm³/mol. The van der Waals surface area contributed by atoms with Crippen molar-refractivity contribution < 1.29 is 27.7 Å². The molecule has 1 heterocycles. The maximum Gasteiger partial charge on any atom is 0.0931 e. The minimum absolute atomic E-state index is 0. The van der Waals surface area contributed by atoms with Crippen LogP contribution in [-0.4, -0.2) is 9.97 Å². The average molecular weight is 353 g/mol. The smallest absolute Gasteiger partial charge is 0.0931 e. The largest absolute Gasteiger partial charge is 0.345 e. The SMILES string of the molecule is Clc1ccc2nc[nH]c2c1.[Hg]. The third kappa shape index (κ3) is 1.74. The summed E-state index contributed by atoms with van der Waals surface area (Å²) in [6, 6.07) is 5.56. The number of aromatic amines is 1. The summed E-state index contributed by atoms with van der Waals surface area (Å²) < 4.78 is 0. The van der Waals surface area contributed by atoms with E-state index in [-0.39, 0.29) is 27.7 Å². The molecule has 2 aromatic rings. The number of nitrogens with zero attached hydrogens (tertiary/aromatic N) is 1. The molecule has 2 nitrogen and oxygen atoms in total. The van der Waals surface area contributed by atoms with Gasteiger partial charge in [0.2, 0.25) is 0 Å². The number of hydrogen-bond donors (Lipinski definition) is 1. The molecule has 1 aromatic carbocycles. The molecular weight excluding hydrogens is 348 g/mol. The summed E-state index contributed by atoms with van der Waals surface area (Å²) in [6.45, 7) is 0. The van der Waals surface area contributed by atoms with Gasteiger partial charge in [-0.15, -0.1) is 0 Å². The maximum absolute atomic E-state index is 5.73. The van der Waals surface area contributed by atoms with E-state index in [9.17, 15) is 0 Å².